The Hall–Kier alpha value is 0.310. The van der Waals surface area contributed by atoms with Crippen molar-refractivity contribution in [3.63, 3.8) is 0 Å². The first-order valence-corrected chi connectivity index (χ1v) is 3.61. The summed E-state index contributed by atoms with van der Waals surface area (Å²) in [5.41, 5.74) is 0.440. The monoisotopic (exact) mass is 118 g/mol. The van der Waals surface area contributed by atoms with E-state index >= 15 is 0 Å². The molecule has 1 rings (SSSR count). The lowest BCUT2D eigenvalue weighted by atomic mass is 10.5. The Morgan fingerprint density at radius 2 is 2.29 bits per heavy atom. The first-order chi connectivity index (χ1) is 3.29. The van der Waals surface area contributed by atoms with Crippen LogP contribution < -0.4 is 0 Å². The Bertz CT molecular complexity index is 57.1. The van der Waals surface area contributed by atoms with E-state index in [0.29, 0.717) is 11.5 Å². The molecule has 1 heterocycles. The average Bonchev–Trinajstić information content (AvgIpc) is 1.87. The Balaban J connectivity index is 2.26. The van der Waals surface area contributed by atoms with E-state index in [9.17, 15) is 0 Å². The fourth-order valence-electron chi connectivity index (χ4n) is 0.677. The van der Waals surface area contributed by atoms with Crippen molar-refractivity contribution in [2.75, 3.05) is 5.75 Å². The van der Waals surface area contributed by atoms with E-state index in [4.69, 9.17) is 4.74 Å². The summed E-state index contributed by atoms with van der Waals surface area (Å²) in [5.74, 6) is 1.17. The molecule has 42 valence electrons. The fraction of sp³-hybridized carbons (Fsp3) is 1.00. The lowest BCUT2D eigenvalue weighted by molar-refractivity contribution is 0.0887. The van der Waals surface area contributed by atoms with Crippen LogP contribution in [-0.2, 0) is 4.74 Å². The highest BCUT2D eigenvalue weighted by atomic mass is 32.2. The molecule has 7 heavy (non-hydrogen) atoms. The molecule has 0 amide bonds. The molecule has 2 heteroatoms. The summed E-state index contributed by atoms with van der Waals surface area (Å²) in [7, 11) is 0. The van der Waals surface area contributed by atoms with Crippen molar-refractivity contribution in [3.8, 4) is 0 Å². The van der Waals surface area contributed by atoms with Crippen molar-refractivity contribution in [2.24, 2.45) is 0 Å². The van der Waals surface area contributed by atoms with Crippen LogP contribution >= 0.6 is 11.8 Å². The van der Waals surface area contributed by atoms with E-state index in [-0.39, 0.29) is 0 Å². The van der Waals surface area contributed by atoms with Crippen LogP contribution in [0.3, 0.4) is 0 Å². The maximum atomic E-state index is 5.32. The van der Waals surface area contributed by atoms with Crippen LogP contribution in [0.5, 0.6) is 0 Å². The molecule has 0 radical (unpaired) electrons. The third-order valence-electron chi connectivity index (χ3n) is 0.990. The standard InChI is InChI=1S/C5H10OS/c1-4-3-7-5(2)6-4/h4-5H,3H2,1-2H3. The molecule has 1 aliphatic rings. The van der Waals surface area contributed by atoms with Gasteiger partial charge in [-0.3, -0.25) is 0 Å². The van der Waals surface area contributed by atoms with E-state index < -0.39 is 0 Å². The minimum atomic E-state index is 0.440. The topological polar surface area (TPSA) is 9.23 Å². The van der Waals surface area contributed by atoms with Crippen molar-refractivity contribution < 1.29 is 4.74 Å². The van der Waals surface area contributed by atoms with Crippen LogP contribution in [0, 0.1) is 0 Å². The summed E-state index contributed by atoms with van der Waals surface area (Å²) in [4.78, 5) is 0. The van der Waals surface area contributed by atoms with Gasteiger partial charge in [-0.25, -0.2) is 0 Å². The van der Waals surface area contributed by atoms with Crippen molar-refractivity contribution >= 4 is 11.8 Å². The molecule has 0 aliphatic carbocycles. The molecule has 0 spiro atoms. The van der Waals surface area contributed by atoms with Gasteiger partial charge in [-0.2, -0.15) is 0 Å². The summed E-state index contributed by atoms with van der Waals surface area (Å²) >= 11 is 1.88. The van der Waals surface area contributed by atoms with Gasteiger partial charge in [-0.1, -0.05) is 0 Å². The smallest absolute Gasteiger partial charge is 0.100 e. The Morgan fingerprint density at radius 3 is 2.43 bits per heavy atom. The van der Waals surface area contributed by atoms with E-state index in [1.807, 2.05) is 11.8 Å². The maximum Gasteiger partial charge on any atom is 0.100 e. The fourth-order valence-corrected chi connectivity index (χ4v) is 1.57. The first-order valence-electron chi connectivity index (χ1n) is 2.56. The Labute approximate surface area is 48.4 Å². The second kappa shape index (κ2) is 2.05. The van der Waals surface area contributed by atoms with Crippen LogP contribution in [0.15, 0.2) is 0 Å². The van der Waals surface area contributed by atoms with E-state index in [0.717, 1.165) is 0 Å². The molecular weight excluding hydrogens is 108 g/mol. The highest BCUT2D eigenvalue weighted by Gasteiger charge is 2.16. The third-order valence-corrected chi connectivity index (χ3v) is 2.23. The van der Waals surface area contributed by atoms with Gasteiger partial charge in [0.1, 0.15) is 5.44 Å². The number of ether oxygens (including phenoxy) is 1. The maximum absolute atomic E-state index is 5.32. The predicted molar refractivity (Wildman–Crippen MR) is 32.5 cm³/mol. The quantitative estimate of drug-likeness (QED) is 0.476. The molecule has 0 saturated carbocycles. The molecule has 0 aromatic carbocycles. The summed E-state index contributed by atoms with van der Waals surface area (Å²) in [6, 6.07) is 0. The summed E-state index contributed by atoms with van der Waals surface area (Å²) in [5, 5.41) is 0. The highest BCUT2D eigenvalue weighted by molar-refractivity contribution is 7.99. The number of rotatable bonds is 0. The molecule has 2 unspecified atom stereocenters. The lowest BCUT2D eigenvalue weighted by Gasteiger charge is -1.99. The van der Waals surface area contributed by atoms with Crippen LogP contribution in [0.4, 0.5) is 0 Å². The van der Waals surface area contributed by atoms with Crippen LogP contribution in [-0.4, -0.2) is 17.3 Å². The van der Waals surface area contributed by atoms with Gasteiger partial charge < -0.3 is 4.74 Å². The van der Waals surface area contributed by atoms with Crippen LogP contribution in [0.1, 0.15) is 13.8 Å². The molecule has 0 N–H and O–H groups in total. The van der Waals surface area contributed by atoms with Crippen molar-refractivity contribution in [2.45, 2.75) is 25.4 Å². The van der Waals surface area contributed by atoms with Crippen molar-refractivity contribution in [1.82, 2.24) is 0 Å². The number of hydrogen-bond donors (Lipinski definition) is 0. The summed E-state index contributed by atoms with van der Waals surface area (Å²) < 4.78 is 5.32. The highest BCUT2D eigenvalue weighted by Crippen LogP contribution is 2.23. The second-order valence-electron chi connectivity index (χ2n) is 1.85. The largest absolute Gasteiger partial charge is 0.364 e. The van der Waals surface area contributed by atoms with Gasteiger partial charge in [0, 0.05) is 5.75 Å². The van der Waals surface area contributed by atoms with E-state index in [1.54, 1.807) is 0 Å². The molecular formula is C5H10OS. The molecule has 0 aromatic heterocycles. The molecule has 0 aromatic rings. The zero-order chi connectivity index (χ0) is 5.28. The Kier molecular flexibility index (Phi) is 1.60. The van der Waals surface area contributed by atoms with Gasteiger partial charge in [-0.05, 0) is 13.8 Å². The average molecular weight is 118 g/mol. The van der Waals surface area contributed by atoms with E-state index in [1.165, 1.54) is 5.75 Å². The minimum Gasteiger partial charge on any atom is -0.364 e. The normalized spacial score (nSPS) is 42.0. The minimum absolute atomic E-state index is 0.440. The van der Waals surface area contributed by atoms with Crippen LogP contribution in [0.2, 0.25) is 0 Å². The third kappa shape index (κ3) is 1.35. The zero-order valence-electron chi connectivity index (χ0n) is 4.68. The SMILES string of the molecule is CC1CSC(C)O1. The first kappa shape index (κ1) is 5.45. The summed E-state index contributed by atoms with van der Waals surface area (Å²) in [6.45, 7) is 4.20. The Morgan fingerprint density at radius 1 is 1.57 bits per heavy atom. The molecule has 2 atom stereocenters. The zero-order valence-corrected chi connectivity index (χ0v) is 5.49. The second-order valence-corrected chi connectivity index (χ2v) is 3.18. The molecule has 1 fully saturated rings. The summed E-state index contributed by atoms with van der Waals surface area (Å²) in [6.07, 6.45) is 0.486. The lowest BCUT2D eigenvalue weighted by Crippen LogP contribution is -2.03. The predicted octanol–water partition coefficient (Wildman–Crippen LogP) is 1.48. The molecule has 1 nitrogen and oxygen atoms in total. The van der Waals surface area contributed by atoms with Gasteiger partial charge in [0.2, 0.25) is 0 Å². The number of thioether (sulfide) groups is 1. The van der Waals surface area contributed by atoms with Gasteiger partial charge in [-0.15, -0.1) is 11.8 Å². The van der Waals surface area contributed by atoms with Crippen molar-refractivity contribution in [3.05, 3.63) is 0 Å². The number of hydrogen-bond acceptors (Lipinski definition) is 2. The molecule has 0 bridgehead atoms. The van der Waals surface area contributed by atoms with Crippen LogP contribution in [0.25, 0.3) is 0 Å². The molecule has 1 aliphatic heterocycles. The van der Waals surface area contributed by atoms with Gasteiger partial charge >= 0.3 is 0 Å². The molecule has 1 saturated heterocycles. The van der Waals surface area contributed by atoms with Gasteiger partial charge in [0.05, 0.1) is 6.10 Å². The van der Waals surface area contributed by atoms with Crippen molar-refractivity contribution in [1.29, 1.82) is 0 Å². The van der Waals surface area contributed by atoms with Gasteiger partial charge in [0.15, 0.2) is 0 Å². The van der Waals surface area contributed by atoms with Gasteiger partial charge in [0.25, 0.3) is 0 Å². The van der Waals surface area contributed by atoms with E-state index in [2.05, 4.69) is 13.8 Å².